The van der Waals surface area contributed by atoms with Gasteiger partial charge in [-0.05, 0) is 26.2 Å². The zero-order valence-electron chi connectivity index (χ0n) is 20.2. The molecule has 1 aromatic carbocycles. The number of carboxylic acid groups (broad SMARTS) is 2. The van der Waals surface area contributed by atoms with Crippen LogP contribution in [0, 0.1) is 5.82 Å². The molecule has 212 valence electrons. The first-order valence-corrected chi connectivity index (χ1v) is 10.8. The number of hydrogen-bond acceptors (Lipinski definition) is 7. The van der Waals surface area contributed by atoms with Crippen molar-refractivity contribution in [2.24, 2.45) is 0 Å². The van der Waals surface area contributed by atoms with Crippen molar-refractivity contribution in [2.75, 3.05) is 51.7 Å². The zero-order chi connectivity index (χ0) is 29.1. The van der Waals surface area contributed by atoms with Gasteiger partial charge in [-0.15, -0.1) is 0 Å². The molecule has 1 fully saturated rings. The molecule has 2 heterocycles. The number of carbonyl (C=O) groups is 2. The molecule has 0 saturated carbocycles. The maximum absolute atomic E-state index is 14.2. The summed E-state index contributed by atoms with van der Waals surface area (Å²) in [6.07, 6.45) is -6.62. The second-order valence-electron chi connectivity index (χ2n) is 7.94. The van der Waals surface area contributed by atoms with E-state index in [0.717, 1.165) is 44.2 Å². The SMILES string of the molecule is CN(C)C(CN1CCN(c2ncccn2)CC1)c1ccccc1F.O=C(O)C(F)(F)F.O=C(O)C(F)(F)F. The van der Waals surface area contributed by atoms with Crippen LogP contribution in [0.25, 0.3) is 0 Å². The summed E-state index contributed by atoms with van der Waals surface area (Å²) in [7, 11) is 4.01. The minimum atomic E-state index is -5.08. The number of piperazine rings is 1. The minimum absolute atomic E-state index is 0.0470. The first-order chi connectivity index (χ1) is 17.5. The molecule has 2 N–H and O–H groups in total. The van der Waals surface area contributed by atoms with E-state index < -0.39 is 24.3 Å². The van der Waals surface area contributed by atoms with E-state index in [1.54, 1.807) is 18.5 Å². The van der Waals surface area contributed by atoms with Gasteiger partial charge in [-0.3, -0.25) is 4.90 Å². The largest absolute Gasteiger partial charge is 0.490 e. The van der Waals surface area contributed by atoms with Gasteiger partial charge in [0.25, 0.3) is 0 Å². The summed E-state index contributed by atoms with van der Waals surface area (Å²) in [6, 6.07) is 8.94. The van der Waals surface area contributed by atoms with Gasteiger partial charge in [-0.1, -0.05) is 18.2 Å². The molecular formula is C22H26F7N5O4. The summed E-state index contributed by atoms with van der Waals surface area (Å²) < 4.78 is 77.6. The van der Waals surface area contributed by atoms with E-state index in [9.17, 15) is 30.7 Å². The quantitative estimate of drug-likeness (QED) is 0.535. The second kappa shape index (κ2) is 14.4. The van der Waals surface area contributed by atoms with Gasteiger partial charge in [-0.25, -0.2) is 23.9 Å². The number of aromatic nitrogens is 2. The topological polar surface area (TPSA) is 110 Å². The van der Waals surface area contributed by atoms with Crippen molar-refractivity contribution < 1.29 is 50.5 Å². The average Bonchev–Trinajstić information content (AvgIpc) is 2.83. The fourth-order valence-electron chi connectivity index (χ4n) is 3.11. The van der Waals surface area contributed by atoms with E-state index in [-0.39, 0.29) is 11.9 Å². The van der Waals surface area contributed by atoms with Crippen molar-refractivity contribution >= 4 is 17.9 Å². The average molecular weight is 557 g/mol. The van der Waals surface area contributed by atoms with E-state index in [0.29, 0.717) is 0 Å². The molecule has 1 aliphatic rings. The fraction of sp³-hybridized carbons (Fsp3) is 0.455. The Morgan fingerprint density at radius 3 is 1.74 bits per heavy atom. The summed E-state index contributed by atoms with van der Waals surface area (Å²) >= 11 is 0. The minimum Gasteiger partial charge on any atom is -0.475 e. The standard InChI is InChI=1S/C18H24FN5.2C2HF3O2/c1-22(2)17(15-6-3-4-7-16(15)19)14-23-10-12-24(13-11-23)18-20-8-5-9-21-18;2*3-2(4,5)1(6)7/h3-9,17H,10-14H2,1-2H3;2*(H,6,7). The highest BCUT2D eigenvalue weighted by molar-refractivity contribution is 5.73. The molecule has 0 aliphatic carbocycles. The maximum Gasteiger partial charge on any atom is 0.490 e. The molecule has 1 unspecified atom stereocenters. The van der Waals surface area contributed by atoms with Crippen LogP contribution in [0.15, 0.2) is 42.7 Å². The molecule has 1 aliphatic heterocycles. The van der Waals surface area contributed by atoms with E-state index in [4.69, 9.17) is 19.8 Å². The van der Waals surface area contributed by atoms with Gasteiger partial charge < -0.3 is 20.0 Å². The lowest BCUT2D eigenvalue weighted by atomic mass is 10.0. The van der Waals surface area contributed by atoms with Crippen molar-refractivity contribution in [3.8, 4) is 0 Å². The molecule has 38 heavy (non-hydrogen) atoms. The Morgan fingerprint density at radius 2 is 1.34 bits per heavy atom. The van der Waals surface area contributed by atoms with Gasteiger partial charge in [-0.2, -0.15) is 26.3 Å². The highest BCUT2D eigenvalue weighted by Crippen LogP contribution is 2.23. The third kappa shape index (κ3) is 11.2. The molecule has 9 nitrogen and oxygen atoms in total. The van der Waals surface area contributed by atoms with Crippen molar-refractivity contribution in [2.45, 2.75) is 18.4 Å². The Kier molecular flexibility index (Phi) is 12.3. The first kappa shape index (κ1) is 32.5. The summed E-state index contributed by atoms with van der Waals surface area (Å²) in [4.78, 5) is 33.1. The van der Waals surface area contributed by atoms with Gasteiger partial charge >= 0.3 is 24.3 Å². The van der Waals surface area contributed by atoms with Crippen LogP contribution < -0.4 is 4.90 Å². The van der Waals surface area contributed by atoms with Crippen LogP contribution in [-0.2, 0) is 9.59 Å². The molecule has 1 saturated heterocycles. The van der Waals surface area contributed by atoms with Crippen LogP contribution in [0.2, 0.25) is 0 Å². The summed E-state index contributed by atoms with van der Waals surface area (Å²) in [5, 5.41) is 14.2. The van der Waals surface area contributed by atoms with E-state index in [2.05, 4.69) is 24.7 Å². The predicted molar refractivity (Wildman–Crippen MR) is 121 cm³/mol. The van der Waals surface area contributed by atoms with Crippen molar-refractivity contribution in [3.63, 3.8) is 0 Å². The summed E-state index contributed by atoms with van der Waals surface area (Å²) in [6.45, 7) is 4.45. The third-order valence-electron chi connectivity index (χ3n) is 5.01. The molecule has 2 aromatic rings. The number of hydrogen-bond donors (Lipinski definition) is 2. The number of nitrogens with zero attached hydrogens (tertiary/aromatic N) is 5. The molecule has 16 heteroatoms. The predicted octanol–water partition coefficient (Wildman–Crippen LogP) is 3.31. The normalized spacial score (nSPS) is 15.1. The molecular weight excluding hydrogens is 531 g/mol. The Balaban J connectivity index is 0.000000426. The monoisotopic (exact) mass is 557 g/mol. The Morgan fingerprint density at radius 1 is 0.895 bits per heavy atom. The number of benzene rings is 1. The molecule has 0 bridgehead atoms. The van der Waals surface area contributed by atoms with Crippen LogP contribution >= 0.6 is 0 Å². The highest BCUT2D eigenvalue weighted by Gasteiger charge is 2.38. The van der Waals surface area contributed by atoms with Crippen molar-refractivity contribution in [1.82, 2.24) is 19.8 Å². The van der Waals surface area contributed by atoms with Gasteiger partial charge in [0.15, 0.2) is 0 Å². The third-order valence-corrected chi connectivity index (χ3v) is 5.01. The number of alkyl halides is 6. The van der Waals surface area contributed by atoms with Gasteiger partial charge in [0.2, 0.25) is 5.95 Å². The van der Waals surface area contributed by atoms with E-state index >= 15 is 0 Å². The lowest BCUT2D eigenvalue weighted by molar-refractivity contribution is -0.193. The van der Waals surface area contributed by atoms with Crippen LogP contribution in [-0.4, -0.2) is 101 Å². The molecule has 0 radical (unpaired) electrons. The number of carboxylic acids is 2. The van der Waals surface area contributed by atoms with Crippen LogP contribution in [0.1, 0.15) is 11.6 Å². The number of likely N-dealkylation sites (N-methyl/N-ethyl adjacent to an activating group) is 1. The van der Waals surface area contributed by atoms with Gasteiger partial charge in [0.05, 0.1) is 0 Å². The smallest absolute Gasteiger partial charge is 0.475 e. The van der Waals surface area contributed by atoms with Gasteiger partial charge in [0, 0.05) is 56.7 Å². The summed E-state index contributed by atoms with van der Waals surface area (Å²) in [5.74, 6) is -4.86. The molecule has 0 amide bonds. The van der Waals surface area contributed by atoms with Crippen molar-refractivity contribution in [1.29, 1.82) is 0 Å². The zero-order valence-corrected chi connectivity index (χ0v) is 20.2. The van der Waals surface area contributed by atoms with Gasteiger partial charge in [0.1, 0.15) is 5.82 Å². The number of anilines is 1. The molecule has 1 atom stereocenters. The molecule has 1 aromatic heterocycles. The maximum atomic E-state index is 14.2. The molecule has 3 rings (SSSR count). The Hall–Kier alpha value is -3.53. The second-order valence-corrected chi connectivity index (χ2v) is 7.94. The Bertz CT molecular complexity index is 991. The first-order valence-electron chi connectivity index (χ1n) is 10.8. The van der Waals surface area contributed by atoms with E-state index in [1.807, 2.05) is 32.3 Å². The van der Waals surface area contributed by atoms with E-state index in [1.165, 1.54) is 6.07 Å². The summed E-state index contributed by atoms with van der Waals surface area (Å²) in [5.41, 5.74) is 0.760. The van der Waals surface area contributed by atoms with Crippen LogP contribution in [0.3, 0.4) is 0 Å². The van der Waals surface area contributed by atoms with Crippen LogP contribution in [0.4, 0.5) is 36.7 Å². The number of aliphatic carboxylic acids is 2. The van der Waals surface area contributed by atoms with Crippen LogP contribution in [0.5, 0.6) is 0 Å². The number of halogens is 7. The Labute approximate surface area is 213 Å². The molecule has 0 spiro atoms. The van der Waals surface area contributed by atoms with Crippen molar-refractivity contribution in [3.05, 3.63) is 54.1 Å². The highest BCUT2D eigenvalue weighted by atomic mass is 19.4. The lowest BCUT2D eigenvalue weighted by Gasteiger charge is -2.38. The fourth-order valence-corrected chi connectivity index (χ4v) is 3.11. The number of rotatable bonds is 5. The lowest BCUT2D eigenvalue weighted by Crippen LogP contribution is -2.49.